The number of benzene rings is 1. The average Bonchev–Trinajstić information content (AvgIpc) is 2.25. The molecule has 0 saturated carbocycles. The van der Waals surface area contributed by atoms with Crippen LogP contribution in [0.3, 0.4) is 0 Å². The Bertz CT molecular complexity index is 386. The summed E-state index contributed by atoms with van der Waals surface area (Å²) in [6, 6.07) is 9.17. The molecule has 0 aliphatic heterocycles. The summed E-state index contributed by atoms with van der Waals surface area (Å²) in [7, 11) is 0. The number of carbonyl (C=O) groups is 2. The Kier molecular flexibility index (Phi) is 4.69. The summed E-state index contributed by atoms with van der Waals surface area (Å²) in [5.41, 5.74) is 0.816. The number of ether oxygens (including phenoxy) is 1. The van der Waals surface area contributed by atoms with Crippen LogP contribution in [0.5, 0.6) is 0 Å². The Morgan fingerprint density at radius 3 is 2.35 bits per heavy atom. The molecular formula is C13H16O4. The molecule has 92 valence electrons. The number of hydrogen-bond donors (Lipinski definition) is 1. The van der Waals surface area contributed by atoms with Crippen LogP contribution in [-0.2, 0) is 14.3 Å². The molecule has 1 rings (SSSR count). The van der Waals surface area contributed by atoms with Gasteiger partial charge in [-0.1, -0.05) is 37.3 Å². The van der Waals surface area contributed by atoms with E-state index >= 15 is 0 Å². The third-order valence-corrected chi connectivity index (χ3v) is 2.43. The molecule has 0 spiro atoms. The van der Waals surface area contributed by atoms with E-state index in [0.29, 0.717) is 0 Å². The molecular weight excluding hydrogens is 220 g/mol. The minimum Gasteiger partial charge on any atom is -0.481 e. The average molecular weight is 236 g/mol. The predicted octanol–water partition coefficient (Wildman–Crippen LogP) is 2.40. The number of carboxylic acid groups (broad SMARTS) is 1. The number of carboxylic acids is 1. The molecule has 4 heteroatoms. The Morgan fingerprint density at radius 1 is 1.29 bits per heavy atom. The first-order chi connectivity index (χ1) is 8.00. The van der Waals surface area contributed by atoms with Crippen LogP contribution >= 0.6 is 0 Å². The number of carbonyl (C=O) groups excluding carboxylic acids is 1. The van der Waals surface area contributed by atoms with Crippen LogP contribution < -0.4 is 0 Å². The van der Waals surface area contributed by atoms with Gasteiger partial charge in [-0.25, -0.2) is 0 Å². The molecule has 0 unspecified atom stereocenters. The van der Waals surface area contributed by atoms with Crippen LogP contribution in [0.2, 0.25) is 0 Å². The molecule has 1 N–H and O–H groups in total. The zero-order valence-corrected chi connectivity index (χ0v) is 9.92. The van der Waals surface area contributed by atoms with Gasteiger partial charge in [-0.2, -0.15) is 0 Å². The second-order valence-electron chi connectivity index (χ2n) is 4.02. The van der Waals surface area contributed by atoms with Gasteiger partial charge in [0.15, 0.2) is 0 Å². The first kappa shape index (κ1) is 13.2. The fourth-order valence-corrected chi connectivity index (χ4v) is 1.72. The SMILES string of the molecule is CC(=O)O[C@@H](c1ccccc1)[C@@H](C)CC(=O)O. The van der Waals surface area contributed by atoms with Gasteiger partial charge in [-0.05, 0) is 5.56 Å². The predicted molar refractivity (Wildman–Crippen MR) is 62.4 cm³/mol. The maximum Gasteiger partial charge on any atom is 0.303 e. The molecule has 1 aromatic carbocycles. The van der Waals surface area contributed by atoms with E-state index in [1.165, 1.54) is 6.92 Å². The highest BCUT2D eigenvalue weighted by Gasteiger charge is 2.24. The Labute approximate surface area is 100 Å². The van der Waals surface area contributed by atoms with Crippen molar-refractivity contribution in [3.63, 3.8) is 0 Å². The summed E-state index contributed by atoms with van der Waals surface area (Å²) < 4.78 is 5.20. The van der Waals surface area contributed by atoms with Crippen molar-refractivity contribution in [2.75, 3.05) is 0 Å². The standard InChI is InChI=1S/C13H16O4/c1-9(8-12(15)16)13(17-10(2)14)11-6-4-3-5-7-11/h3-7,9,13H,8H2,1-2H3,(H,15,16)/t9-,13+/m0/s1. The molecule has 0 aromatic heterocycles. The van der Waals surface area contributed by atoms with Gasteiger partial charge in [0.05, 0.1) is 6.42 Å². The molecule has 17 heavy (non-hydrogen) atoms. The lowest BCUT2D eigenvalue weighted by molar-refractivity contribution is -0.152. The van der Waals surface area contributed by atoms with Crippen LogP contribution in [0.15, 0.2) is 30.3 Å². The van der Waals surface area contributed by atoms with Gasteiger partial charge in [0.2, 0.25) is 0 Å². The highest BCUT2D eigenvalue weighted by molar-refractivity contribution is 5.68. The zero-order valence-electron chi connectivity index (χ0n) is 9.92. The third-order valence-electron chi connectivity index (χ3n) is 2.43. The molecule has 0 saturated heterocycles. The second kappa shape index (κ2) is 6.03. The third kappa shape index (κ3) is 4.26. The van der Waals surface area contributed by atoms with E-state index in [0.717, 1.165) is 5.56 Å². The smallest absolute Gasteiger partial charge is 0.303 e. The maximum absolute atomic E-state index is 11.0. The van der Waals surface area contributed by atoms with Gasteiger partial charge in [-0.3, -0.25) is 9.59 Å². The number of hydrogen-bond acceptors (Lipinski definition) is 3. The quantitative estimate of drug-likeness (QED) is 0.797. The fraction of sp³-hybridized carbons (Fsp3) is 0.385. The summed E-state index contributed by atoms with van der Waals surface area (Å²) in [5.74, 6) is -1.57. The van der Waals surface area contributed by atoms with Crippen molar-refractivity contribution in [2.24, 2.45) is 5.92 Å². The highest BCUT2D eigenvalue weighted by atomic mass is 16.5. The maximum atomic E-state index is 11.0. The van der Waals surface area contributed by atoms with Crippen LogP contribution in [0.1, 0.15) is 31.9 Å². The lowest BCUT2D eigenvalue weighted by atomic mass is 9.94. The van der Waals surface area contributed by atoms with Gasteiger partial charge in [-0.15, -0.1) is 0 Å². The molecule has 0 aliphatic carbocycles. The monoisotopic (exact) mass is 236 g/mol. The van der Waals surface area contributed by atoms with Crippen molar-refractivity contribution in [3.05, 3.63) is 35.9 Å². The summed E-state index contributed by atoms with van der Waals surface area (Å²) >= 11 is 0. The Balaban J connectivity index is 2.87. The minimum atomic E-state index is -0.898. The molecule has 0 amide bonds. The van der Waals surface area contributed by atoms with Crippen molar-refractivity contribution in [3.8, 4) is 0 Å². The van der Waals surface area contributed by atoms with Crippen LogP contribution in [0.25, 0.3) is 0 Å². The normalized spacial score (nSPS) is 13.8. The van der Waals surface area contributed by atoms with E-state index in [-0.39, 0.29) is 12.3 Å². The van der Waals surface area contributed by atoms with Crippen LogP contribution in [0, 0.1) is 5.92 Å². The summed E-state index contributed by atoms with van der Waals surface area (Å²) in [5, 5.41) is 8.77. The highest BCUT2D eigenvalue weighted by Crippen LogP contribution is 2.28. The molecule has 0 radical (unpaired) electrons. The molecule has 0 aliphatic rings. The van der Waals surface area contributed by atoms with Gasteiger partial charge in [0.1, 0.15) is 6.10 Å². The van der Waals surface area contributed by atoms with Gasteiger partial charge < -0.3 is 9.84 Å². The largest absolute Gasteiger partial charge is 0.481 e. The fourth-order valence-electron chi connectivity index (χ4n) is 1.72. The Morgan fingerprint density at radius 2 is 1.88 bits per heavy atom. The molecule has 0 fully saturated rings. The van der Waals surface area contributed by atoms with E-state index in [1.54, 1.807) is 6.92 Å². The molecule has 0 bridgehead atoms. The van der Waals surface area contributed by atoms with E-state index in [9.17, 15) is 9.59 Å². The van der Waals surface area contributed by atoms with Gasteiger partial charge >= 0.3 is 11.9 Å². The molecule has 2 atom stereocenters. The lowest BCUT2D eigenvalue weighted by Crippen LogP contribution is -2.19. The summed E-state index contributed by atoms with van der Waals surface area (Å²) in [4.78, 5) is 21.7. The van der Waals surface area contributed by atoms with Crippen LogP contribution in [-0.4, -0.2) is 17.0 Å². The minimum absolute atomic E-state index is 0.0349. The van der Waals surface area contributed by atoms with Crippen LogP contribution in [0.4, 0.5) is 0 Å². The lowest BCUT2D eigenvalue weighted by Gasteiger charge is -2.22. The van der Waals surface area contributed by atoms with E-state index in [2.05, 4.69) is 0 Å². The van der Waals surface area contributed by atoms with Crippen molar-refractivity contribution in [1.82, 2.24) is 0 Å². The van der Waals surface area contributed by atoms with E-state index in [4.69, 9.17) is 9.84 Å². The van der Waals surface area contributed by atoms with E-state index in [1.807, 2.05) is 30.3 Å². The molecule has 0 heterocycles. The van der Waals surface area contributed by atoms with Crippen molar-refractivity contribution in [1.29, 1.82) is 0 Å². The number of aliphatic carboxylic acids is 1. The number of esters is 1. The first-order valence-electron chi connectivity index (χ1n) is 5.44. The van der Waals surface area contributed by atoms with Crippen molar-refractivity contribution >= 4 is 11.9 Å². The molecule has 4 nitrogen and oxygen atoms in total. The van der Waals surface area contributed by atoms with E-state index < -0.39 is 18.0 Å². The van der Waals surface area contributed by atoms with Crippen molar-refractivity contribution < 1.29 is 19.4 Å². The van der Waals surface area contributed by atoms with Crippen molar-refractivity contribution in [2.45, 2.75) is 26.4 Å². The molecule has 1 aromatic rings. The first-order valence-corrected chi connectivity index (χ1v) is 5.44. The zero-order chi connectivity index (χ0) is 12.8. The van der Waals surface area contributed by atoms with Gasteiger partial charge in [0, 0.05) is 12.8 Å². The van der Waals surface area contributed by atoms with Gasteiger partial charge in [0.25, 0.3) is 0 Å². The second-order valence-corrected chi connectivity index (χ2v) is 4.02. The summed E-state index contributed by atoms with van der Waals surface area (Å²) in [6.45, 7) is 3.08. The Hall–Kier alpha value is -1.84. The number of rotatable bonds is 5. The summed E-state index contributed by atoms with van der Waals surface area (Å²) in [6.07, 6.45) is -0.544. The topological polar surface area (TPSA) is 63.6 Å².